The number of nitrogens with one attached hydrogen (secondary N) is 1. The van der Waals surface area contributed by atoms with Crippen LogP contribution in [0.1, 0.15) is 16.2 Å². The summed E-state index contributed by atoms with van der Waals surface area (Å²) in [6.07, 6.45) is 1.32. The molecule has 0 unspecified atom stereocenters. The molecule has 0 fully saturated rings. The van der Waals surface area contributed by atoms with Gasteiger partial charge in [0.25, 0.3) is 5.69 Å². The molecule has 0 atom stereocenters. The average Bonchev–Trinajstić information content (AvgIpc) is 2.85. The van der Waals surface area contributed by atoms with E-state index in [0.717, 1.165) is 11.1 Å². The molecule has 0 saturated carbocycles. The van der Waals surface area contributed by atoms with Gasteiger partial charge < -0.3 is 0 Å². The number of aromatic nitrogens is 2. The topological polar surface area (TPSA) is 110 Å². The molecule has 0 bridgehead atoms. The van der Waals surface area contributed by atoms with Crippen LogP contribution in [0, 0.1) is 10.1 Å². The molecule has 3 aromatic carbocycles. The Balaban J connectivity index is 1.62. The number of nitrogens with zero attached hydrogens (tertiary/aromatic N) is 4. The van der Waals surface area contributed by atoms with E-state index >= 15 is 0 Å². The zero-order valence-corrected chi connectivity index (χ0v) is 16.8. The molecule has 4 aromatic rings. The Kier molecular flexibility index (Phi) is 6.03. The minimum absolute atomic E-state index is 0.0404. The third kappa shape index (κ3) is 4.88. The van der Waals surface area contributed by atoms with Crippen LogP contribution in [0.25, 0.3) is 22.5 Å². The Morgan fingerprint density at radius 3 is 2.00 bits per heavy atom. The van der Waals surface area contributed by atoms with Crippen LogP contribution >= 0.6 is 0 Å². The normalized spacial score (nSPS) is 10.8. The number of hydrogen-bond acceptors (Lipinski definition) is 6. The minimum Gasteiger partial charge on any atom is -0.264 e. The molecule has 1 aromatic heterocycles. The van der Waals surface area contributed by atoms with Crippen LogP contribution in [0.2, 0.25) is 0 Å². The monoisotopic (exact) mass is 423 g/mol. The van der Waals surface area contributed by atoms with Crippen molar-refractivity contribution in [2.75, 3.05) is 0 Å². The number of benzene rings is 3. The first-order chi connectivity index (χ1) is 15.6. The van der Waals surface area contributed by atoms with Crippen LogP contribution < -0.4 is 5.43 Å². The van der Waals surface area contributed by atoms with Crippen molar-refractivity contribution in [2.45, 2.75) is 0 Å². The summed E-state index contributed by atoms with van der Waals surface area (Å²) in [6, 6.07) is 26.7. The van der Waals surface area contributed by atoms with Gasteiger partial charge in [-0.05, 0) is 6.07 Å². The first-order valence-corrected chi connectivity index (χ1v) is 9.68. The van der Waals surface area contributed by atoms with E-state index in [0.29, 0.717) is 17.0 Å². The van der Waals surface area contributed by atoms with Gasteiger partial charge in [-0.25, -0.2) is 15.4 Å². The third-order valence-corrected chi connectivity index (χ3v) is 4.53. The maximum absolute atomic E-state index is 12.7. The fraction of sp³-hybridized carbons (Fsp3) is 0. The molecule has 0 radical (unpaired) electrons. The van der Waals surface area contributed by atoms with Crippen LogP contribution in [-0.2, 0) is 0 Å². The molecule has 4 rings (SSSR count). The summed E-state index contributed by atoms with van der Waals surface area (Å²) in [5, 5.41) is 14.8. The third-order valence-electron chi connectivity index (χ3n) is 4.53. The summed E-state index contributed by atoms with van der Waals surface area (Å²) >= 11 is 0. The molecule has 8 heteroatoms. The number of carbonyl (C=O) groups is 1. The van der Waals surface area contributed by atoms with E-state index in [2.05, 4.69) is 20.5 Å². The molecule has 32 heavy (non-hydrogen) atoms. The predicted octanol–water partition coefficient (Wildman–Crippen LogP) is 4.48. The second-order valence-corrected chi connectivity index (χ2v) is 6.75. The van der Waals surface area contributed by atoms with Gasteiger partial charge in [0, 0.05) is 28.8 Å². The number of nitro groups is 1. The largest absolute Gasteiger partial charge is 0.309 e. The molecule has 156 valence electrons. The molecule has 0 saturated heterocycles. The molecule has 1 N–H and O–H groups in total. The molecule has 0 aliphatic carbocycles. The SMILES string of the molecule is O=C(NN=Cc1cccc([N+](=O)[O-])c1)c1nc(-c2ccccc2)cc(-c2ccccc2)n1. The van der Waals surface area contributed by atoms with Gasteiger partial charge in [0.15, 0.2) is 0 Å². The fourth-order valence-electron chi connectivity index (χ4n) is 3.00. The summed E-state index contributed by atoms with van der Waals surface area (Å²) in [4.78, 5) is 31.9. The lowest BCUT2D eigenvalue weighted by molar-refractivity contribution is -0.384. The van der Waals surface area contributed by atoms with Gasteiger partial charge in [-0.1, -0.05) is 72.8 Å². The Labute approximate surface area is 183 Å². The molecule has 8 nitrogen and oxygen atoms in total. The van der Waals surface area contributed by atoms with E-state index in [-0.39, 0.29) is 11.5 Å². The highest BCUT2D eigenvalue weighted by Crippen LogP contribution is 2.23. The Hall–Kier alpha value is -4.72. The molecule has 0 spiro atoms. The van der Waals surface area contributed by atoms with Crippen LogP contribution in [0.3, 0.4) is 0 Å². The quantitative estimate of drug-likeness (QED) is 0.279. The lowest BCUT2D eigenvalue weighted by Gasteiger charge is -2.08. The highest BCUT2D eigenvalue weighted by Gasteiger charge is 2.14. The van der Waals surface area contributed by atoms with Crippen molar-refractivity contribution in [2.24, 2.45) is 5.10 Å². The van der Waals surface area contributed by atoms with E-state index in [4.69, 9.17) is 0 Å². The van der Waals surface area contributed by atoms with Crippen molar-refractivity contribution < 1.29 is 9.72 Å². The summed E-state index contributed by atoms with van der Waals surface area (Å²) in [5.74, 6) is -0.636. The van der Waals surface area contributed by atoms with Crippen LogP contribution in [-0.4, -0.2) is 27.0 Å². The second-order valence-electron chi connectivity index (χ2n) is 6.75. The number of non-ortho nitro benzene ring substituents is 1. The van der Waals surface area contributed by atoms with Crippen LogP contribution in [0.5, 0.6) is 0 Å². The van der Waals surface area contributed by atoms with Crippen molar-refractivity contribution >= 4 is 17.8 Å². The Bertz CT molecular complexity index is 1230. The second kappa shape index (κ2) is 9.40. The van der Waals surface area contributed by atoms with Crippen LogP contribution in [0.15, 0.2) is 96.1 Å². The van der Waals surface area contributed by atoms with E-state index in [1.807, 2.05) is 66.7 Å². The van der Waals surface area contributed by atoms with Crippen molar-refractivity contribution in [1.82, 2.24) is 15.4 Å². The van der Waals surface area contributed by atoms with Crippen molar-refractivity contribution in [1.29, 1.82) is 0 Å². The van der Waals surface area contributed by atoms with Crippen LogP contribution in [0.4, 0.5) is 5.69 Å². The summed E-state index contributed by atoms with van der Waals surface area (Å²) in [5.41, 5.74) is 5.71. The van der Waals surface area contributed by atoms with E-state index in [9.17, 15) is 14.9 Å². The van der Waals surface area contributed by atoms with Crippen molar-refractivity contribution in [3.05, 3.63) is 112 Å². The maximum atomic E-state index is 12.7. The van der Waals surface area contributed by atoms with Crippen molar-refractivity contribution in [3.8, 4) is 22.5 Å². The summed E-state index contributed by atoms with van der Waals surface area (Å²) in [7, 11) is 0. The Morgan fingerprint density at radius 1 is 0.844 bits per heavy atom. The molecule has 1 heterocycles. The van der Waals surface area contributed by atoms with Gasteiger partial charge in [-0.15, -0.1) is 0 Å². The molecule has 0 aliphatic rings. The lowest BCUT2D eigenvalue weighted by Crippen LogP contribution is -2.21. The summed E-state index contributed by atoms with van der Waals surface area (Å²) in [6.45, 7) is 0. The van der Waals surface area contributed by atoms with Gasteiger partial charge in [-0.2, -0.15) is 5.10 Å². The van der Waals surface area contributed by atoms with E-state index < -0.39 is 10.8 Å². The zero-order chi connectivity index (χ0) is 22.3. The number of carbonyl (C=O) groups excluding carboxylic acids is 1. The van der Waals surface area contributed by atoms with E-state index in [1.165, 1.54) is 18.3 Å². The Morgan fingerprint density at radius 2 is 1.44 bits per heavy atom. The number of nitro benzene ring substituents is 1. The van der Waals surface area contributed by atoms with Gasteiger partial charge in [0.2, 0.25) is 5.82 Å². The zero-order valence-electron chi connectivity index (χ0n) is 16.8. The average molecular weight is 423 g/mol. The molecule has 0 aliphatic heterocycles. The van der Waals surface area contributed by atoms with Crippen molar-refractivity contribution in [3.63, 3.8) is 0 Å². The smallest absolute Gasteiger partial charge is 0.264 e. The van der Waals surface area contributed by atoms with Gasteiger partial charge in [0.1, 0.15) is 0 Å². The van der Waals surface area contributed by atoms with Gasteiger partial charge in [-0.3, -0.25) is 14.9 Å². The number of amides is 1. The molecule has 1 amide bonds. The first kappa shape index (κ1) is 20.5. The molecular formula is C24H17N5O3. The van der Waals surface area contributed by atoms with Gasteiger partial charge in [0.05, 0.1) is 22.5 Å². The number of rotatable bonds is 6. The number of hydrazone groups is 1. The first-order valence-electron chi connectivity index (χ1n) is 9.68. The summed E-state index contributed by atoms with van der Waals surface area (Å²) < 4.78 is 0. The number of hydrogen-bond donors (Lipinski definition) is 1. The highest BCUT2D eigenvalue weighted by atomic mass is 16.6. The van der Waals surface area contributed by atoms with E-state index in [1.54, 1.807) is 12.1 Å². The minimum atomic E-state index is -0.596. The molecular weight excluding hydrogens is 406 g/mol. The predicted molar refractivity (Wildman–Crippen MR) is 121 cm³/mol. The highest BCUT2D eigenvalue weighted by molar-refractivity contribution is 5.92. The standard InChI is InChI=1S/C24H17N5O3/c30-24(28-25-16-17-8-7-13-20(14-17)29(31)32)23-26-21(18-9-3-1-4-10-18)15-22(27-23)19-11-5-2-6-12-19/h1-16H,(H,28,30). The fourth-order valence-corrected chi connectivity index (χ4v) is 3.00. The van der Waals surface area contributed by atoms with Gasteiger partial charge >= 0.3 is 5.91 Å². The maximum Gasteiger partial charge on any atom is 0.309 e. The lowest BCUT2D eigenvalue weighted by atomic mass is 10.1.